The number of nitrogens with zero attached hydrogens (tertiary/aromatic N) is 3. The number of carbonyl (C=O) groups excluding carboxylic acids is 1. The zero-order valence-electron chi connectivity index (χ0n) is 15.6. The standard InChI is InChI=1S/C20H20FN3O4/c1-24(20(25)14-4-3-5-15(21)12-14)11-10-18-22-19(28-23-18)13-27-17-8-6-16(26-2)7-9-17/h3-9,12H,10-11,13H2,1-2H3. The Morgan fingerprint density at radius 3 is 2.64 bits per heavy atom. The first-order chi connectivity index (χ1) is 13.5. The van der Waals surface area contributed by atoms with Gasteiger partial charge in [0.25, 0.3) is 11.8 Å². The summed E-state index contributed by atoms with van der Waals surface area (Å²) in [7, 11) is 3.24. The predicted octanol–water partition coefficient (Wildman–Crippen LogP) is 3.11. The highest BCUT2D eigenvalue weighted by Gasteiger charge is 2.14. The smallest absolute Gasteiger partial charge is 0.264 e. The SMILES string of the molecule is COc1ccc(OCc2nc(CCN(C)C(=O)c3cccc(F)c3)no2)cc1. The minimum absolute atomic E-state index is 0.136. The first-order valence-corrected chi connectivity index (χ1v) is 8.64. The van der Waals surface area contributed by atoms with Gasteiger partial charge in [0.1, 0.15) is 17.3 Å². The lowest BCUT2D eigenvalue weighted by atomic mass is 10.2. The Kier molecular flexibility index (Phi) is 6.21. The molecule has 1 heterocycles. The van der Waals surface area contributed by atoms with Crippen LogP contribution in [-0.2, 0) is 13.0 Å². The highest BCUT2D eigenvalue weighted by atomic mass is 19.1. The second kappa shape index (κ2) is 8.98. The summed E-state index contributed by atoms with van der Waals surface area (Å²) in [4.78, 5) is 18.0. The lowest BCUT2D eigenvalue weighted by molar-refractivity contribution is 0.0795. The van der Waals surface area contributed by atoms with Crippen molar-refractivity contribution in [1.82, 2.24) is 15.0 Å². The van der Waals surface area contributed by atoms with E-state index in [1.165, 1.54) is 23.1 Å². The molecule has 0 spiro atoms. The van der Waals surface area contributed by atoms with E-state index in [1.54, 1.807) is 44.5 Å². The minimum atomic E-state index is -0.445. The van der Waals surface area contributed by atoms with E-state index in [0.29, 0.717) is 36.0 Å². The maximum Gasteiger partial charge on any atom is 0.264 e. The number of benzene rings is 2. The van der Waals surface area contributed by atoms with Crippen LogP contribution < -0.4 is 9.47 Å². The lowest BCUT2D eigenvalue weighted by Gasteiger charge is -2.16. The van der Waals surface area contributed by atoms with Gasteiger partial charge < -0.3 is 18.9 Å². The zero-order chi connectivity index (χ0) is 19.9. The fourth-order valence-electron chi connectivity index (χ4n) is 2.48. The van der Waals surface area contributed by atoms with Crippen molar-refractivity contribution in [2.75, 3.05) is 20.7 Å². The van der Waals surface area contributed by atoms with Crippen LogP contribution in [0.2, 0.25) is 0 Å². The van der Waals surface area contributed by atoms with Gasteiger partial charge in [0.2, 0.25) is 0 Å². The molecule has 0 aliphatic heterocycles. The maximum absolute atomic E-state index is 13.3. The Morgan fingerprint density at radius 1 is 1.18 bits per heavy atom. The largest absolute Gasteiger partial charge is 0.497 e. The molecule has 3 aromatic rings. The van der Waals surface area contributed by atoms with Gasteiger partial charge in [-0.1, -0.05) is 11.2 Å². The fraction of sp³-hybridized carbons (Fsp3) is 0.250. The molecule has 0 unspecified atom stereocenters. The van der Waals surface area contributed by atoms with Gasteiger partial charge in [0, 0.05) is 25.6 Å². The van der Waals surface area contributed by atoms with E-state index in [0.717, 1.165) is 5.75 Å². The van der Waals surface area contributed by atoms with Crippen LogP contribution in [0.15, 0.2) is 53.1 Å². The fourth-order valence-corrected chi connectivity index (χ4v) is 2.48. The Hall–Kier alpha value is -3.42. The normalized spacial score (nSPS) is 10.5. The first-order valence-electron chi connectivity index (χ1n) is 8.64. The van der Waals surface area contributed by atoms with Crippen molar-refractivity contribution >= 4 is 5.91 Å². The van der Waals surface area contributed by atoms with E-state index in [-0.39, 0.29) is 12.5 Å². The van der Waals surface area contributed by atoms with E-state index in [4.69, 9.17) is 14.0 Å². The molecule has 3 rings (SSSR count). The van der Waals surface area contributed by atoms with Crippen molar-refractivity contribution in [1.29, 1.82) is 0 Å². The van der Waals surface area contributed by atoms with Crippen molar-refractivity contribution < 1.29 is 23.2 Å². The third-order valence-electron chi connectivity index (χ3n) is 4.02. The number of amides is 1. The average Bonchev–Trinajstić information content (AvgIpc) is 3.18. The van der Waals surface area contributed by atoms with Crippen LogP contribution in [0.3, 0.4) is 0 Å². The minimum Gasteiger partial charge on any atom is -0.497 e. The summed E-state index contributed by atoms with van der Waals surface area (Å²) in [6, 6.07) is 12.7. The summed E-state index contributed by atoms with van der Waals surface area (Å²) in [6.07, 6.45) is 0.406. The van der Waals surface area contributed by atoms with E-state index in [2.05, 4.69) is 10.1 Å². The van der Waals surface area contributed by atoms with Crippen LogP contribution in [0, 0.1) is 5.82 Å². The molecule has 146 valence electrons. The number of ether oxygens (including phenoxy) is 2. The molecule has 0 bridgehead atoms. The quantitative estimate of drug-likeness (QED) is 0.593. The van der Waals surface area contributed by atoms with Crippen molar-refractivity contribution in [3.05, 3.63) is 71.6 Å². The monoisotopic (exact) mass is 385 g/mol. The second-order valence-corrected chi connectivity index (χ2v) is 6.06. The van der Waals surface area contributed by atoms with Gasteiger partial charge in [0.15, 0.2) is 12.4 Å². The van der Waals surface area contributed by atoms with Crippen LogP contribution in [0.1, 0.15) is 22.1 Å². The second-order valence-electron chi connectivity index (χ2n) is 6.06. The number of carbonyl (C=O) groups is 1. The van der Waals surface area contributed by atoms with Gasteiger partial charge in [-0.15, -0.1) is 0 Å². The molecule has 8 heteroatoms. The van der Waals surface area contributed by atoms with Gasteiger partial charge in [-0.3, -0.25) is 4.79 Å². The van der Waals surface area contributed by atoms with Gasteiger partial charge in [-0.2, -0.15) is 4.98 Å². The van der Waals surface area contributed by atoms with Gasteiger partial charge in [-0.25, -0.2) is 4.39 Å². The zero-order valence-corrected chi connectivity index (χ0v) is 15.6. The number of likely N-dealkylation sites (N-methyl/N-ethyl adjacent to an activating group) is 1. The van der Waals surface area contributed by atoms with Gasteiger partial charge >= 0.3 is 0 Å². The van der Waals surface area contributed by atoms with E-state index < -0.39 is 5.82 Å². The number of aromatic nitrogens is 2. The Balaban J connectivity index is 1.49. The van der Waals surface area contributed by atoms with Crippen LogP contribution in [0.4, 0.5) is 4.39 Å². The lowest BCUT2D eigenvalue weighted by Crippen LogP contribution is -2.29. The molecular formula is C20H20FN3O4. The van der Waals surface area contributed by atoms with Crippen molar-refractivity contribution in [2.24, 2.45) is 0 Å². The molecule has 0 aliphatic rings. The van der Waals surface area contributed by atoms with E-state index >= 15 is 0 Å². The van der Waals surface area contributed by atoms with Gasteiger partial charge in [0.05, 0.1) is 7.11 Å². The Labute approximate surface area is 161 Å². The number of halogens is 1. The molecule has 0 aliphatic carbocycles. The summed E-state index contributed by atoms with van der Waals surface area (Å²) >= 11 is 0. The molecule has 0 fully saturated rings. The molecule has 0 N–H and O–H groups in total. The van der Waals surface area contributed by atoms with Crippen LogP contribution in [0.25, 0.3) is 0 Å². The average molecular weight is 385 g/mol. The molecular weight excluding hydrogens is 365 g/mol. The van der Waals surface area contributed by atoms with Crippen LogP contribution in [-0.4, -0.2) is 41.6 Å². The summed E-state index contributed by atoms with van der Waals surface area (Å²) in [6.45, 7) is 0.505. The van der Waals surface area contributed by atoms with Crippen molar-refractivity contribution in [3.63, 3.8) is 0 Å². The van der Waals surface area contributed by atoms with E-state index in [9.17, 15) is 9.18 Å². The molecule has 1 amide bonds. The topological polar surface area (TPSA) is 77.7 Å². The number of rotatable bonds is 8. The summed E-state index contributed by atoms with van der Waals surface area (Å²) in [5.41, 5.74) is 0.296. The summed E-state index contributed by atoms with van der Waals surface area (Å²) < 4.78 is 29.1. The maximum atomic E-state index is 13.3. The van der Waals surface area contributed by atoms with Gasteiger partial charge in [-0.05, 0) is 42.5 Å². The number of hydrogen-bond donors (Lipinski definition) is 0. The highest BCUT2D eigenvalue weighted by Crippen LogP contribution is 2.18. The molecule has 2 aromatic carbocycles. The number of methoxy groups -OCH3 is 1. The first kappa shape index (κ1) is 19.3. The predicted molar refractivity (Wildman–Crippen MR) is 98.7 cm³/mol. The molecule has 0 saturated heterocycles. The van der Waals surface area contributed by atoms with Crippen molar-refractivity contribution in [2.45, 2.75) is 13.0 Å². The Morgan fingerprint density at radius 2 is 1.93 bits per heavy atom. The summed E-state index contributed by atoms with van der Waals surface area (Å²) in [5.74, 6) is 1.48. The molecule has 1 aromatic heterocycles. The van der Waals surface area contributed by atoms with Crippen molar-refractivity contribution in [3.8, 4) is 11.5 Å². The summed E-state index contributed by atoms with van der Waals surface area (Å²) in [5, 5.41) is 3.89. The molecule has 7 nitrogen and oxygen atoms in total. The van der Waals surface area contributed by atoms with Crippen LogP contribution >= 0.6 is 0 Å². The molecule has 0 radical (unpaired) electrons. The molecule has 28 heavy (non-hydrogen) atoms. The Bertz CT molecular complexity index is 927. The third kappa shape index (κ3) is 5.06. The van der Waals surface area contributed by atoms with E-state index in [1.807, 2.05) is 0 Å². The molecule has 0 atom stereocenters. The molecule has 0 saturated carbocycles. The van der Waals surface area contributed by atoms with Crippen LogP contribution in [0.5, 0.6) is 11.5 Å². The number of hydrogen-bond acceptors (Lipinski definition) is 6. The highest BCUT2D eigenvalue weighted by molar-refractivity contribution is 5.94. The third-order valence-corrected chi connectivity index (χ3v) is 4.02.